The first-order valence-electron chi connectivity index (χ1n) is 9.81. The van der Waals surface area contributed by atoms with Crippen LogP contribution in [0.25, 0.3) is 0 Å². The van der Waals surface area contributed by atoms with Gasteiger partial charge in [-0.3, -0.25) is 14.5 Å². The van der Waals surface area contributed by atoms with E-state index < -0.39 is 54.3 Å². The summed E-state index contributed by atoms with van der Waals surface area (Å²) in [5.41, 5.74) is -0.657. The third kappa shape index (κ3) is 5.72. The molecule has 1 aliphatic rings. The lowest BCUT2D eigenvalue weighted by atomic mass is 9.86. The van der Waals surface area contributed by atoms with Gasteiger partial charge in [-0.2, -0.15) is 0 Å². The lowest BCUT2D eigenvalue weighted by molar-refractivity contribution is -0.145. The number of benzene rings is 1. The predicted octanol–water partition coefficient (Wildman–Crippen LogP) is 3.64. The predicted molar refractivity (Wildman–Crippen MR) is 115 cm³/mol. The number of amides is 3. The molecule has 1 saturated heterocycles. The number of rotatable bonds is 5. The summed E-state index contributed by atoms with van der Waals surface area (Å²) in [6.45, 7) is 3.78. The van der Waals surface area contributed by atoms with E-state index in [1.54, 1.807) is 45.0 Å². The largest absolute Gasteiger partial charge is 0.465 e. The molecule has 0 spiro atoms. The van der Waals surface area contributed by atoms with Gasteiger partial charge in [0, 0.05) is 37.1 Å². The van der Waals surface area contributed by atoms with Gasteiger partial charge >= 0.3 is 6.09 Å². The number of hydrogen-bond acceptors (Lipinski definition) is 3. The number of carbonyl (C=O) groups is 3. The van der Waals surface area contributed by atoms with Crippen LogP contribution in [0.4, 0.5) is 13.6 Å². The van der Waals surface area contributed by atoms with Crippen LogP contribution in [0.5, 0.6) is 0 Å². The van der Waals surface area contributed by atoms with Crippen LogP contribution in [0.2, 0.25) is 0 Å². The van der Waals surface area contributed by atoms with Crippen LogP contribution in [-0.2, 0) is 9.59 Å². The van der Waals surface area contributed by atoms with Gasteiger partial charge in [-0.05, 0) is 38.5 Å². The monoisotopic (exact) mass is 503 g/mol. The van der Waals surface area contributed by atoms with Gasteiger partial charge in [0.25, 0.3) is 5.92 Å². The van der Waals surface area contributed by atoms with Crippen molar-refractivity contribution in [2.24, 2.45) is 0 Å². The highest BCUT2D eigenvalue weighted by molar-refractivity contribution is 9.10. The minimum Gasteiger partial charge on any atom is -0.465 e. The lowest BCUT2D eigenvalue weighted by Gasteiger charge is -2.43. The van der Waals surface area contributed by atoms with Gasteiger partial charge < -0.3 is 14.9 Å². The SMILES string of the molecule is CN(C)C(=O)[C@@H](c1ccc(Br)cc1)[C@@H](C(=O)N1CCC(F)(F)C1)N(C(=O)O)C(C)(C)C. The number of alkyl halides is 2. The Morgan fingerprint density at radius 1 is 1.16 bits per heavy atom. The molecule has 1 fully saturated rings. The van der Waals surface area contributed by atoms with Crippen LogP contribution >= 0.6 is 15.9 Å². The van der Waals surface area contributed by atoms with Gasteiger partial charge in [-0.1, -0.05) is 28.1 Å². The first-order chi connectivity index (χ1) is 14.2. The number of nitrogens with zero attached hydrogens (tertiary/aromatic N) is 3. The zero-order chi connectivity index (χ0) is 23.7. The van der Waals surface area contributed by atoms with Crippen molar-refractivity contribution in [3.8, 4) is 0 Å². The molecule has 1 aromatic carbocycles. The van der Waals surface area contributed by atoms with Gasteiger partial charge in [-0.25, -0.2) is 13.6 Å². The molecular formula is C21H28BrF2N3O4. The smallest absolute Gasteiger partial charge is 0.408 e. The van der Waals surface area contributed by atoms with Gasteiger partial charge in [0.05, 0.1) is 12.5 Å². The summed E-state index contributed by atoms with van der Waals surface area (Å²) in [6.07, 6.45) is -1.91. The van der Waals surface area contributed by atoms with E-state index in [2.05, 4.69) is 15.9 Å². The molecule has 1 aromatic rings. The van der Waals surface area contributed by atoms with Crippen LogP contribution in [0.15, 0.2) is 28.7 Å². The maximum atomic E-state index is 13.9. The fourth-order valence-corrected chi connectivity index (χ4v) is 4.01. The van der Waals surface area contributed by atoms with E-state index in [0.29, 0.717) is 5.56 Å². The van der Waals surface area contributed by atoms with Gasteiger partial charge in [0.15, 0.2) is 0 Å². The van der Waals surface area contributed by atoms with Crippen LogP contribution in [-0.4, -0.2) is 82.4 Å². The molecule has 0 unspecified atom stereocenters. The fourth-order valence-electron chi connectivity index (χ4n) is 3.74. The summed E-state index contributed by atoms with van der Waals surface area (Å²) in [7, 11) is 3.00. The fraction of sp³-hybridized carbons (Fsp3) is 0.571. The highest BCUT2D eigenvalue weighted by Gasteiger charge is 2.50. The van der Waals surface area contributed by atoms with E-state index in [1.807, 2.05) is 0 Å². The second-order valence-corrected chi connectivity index (χ2v) is 9.81. The van der Waals surface area contributed by atoms with Crippen molar-refractivity contribution in [1.82, 2.24) is 14.7 Å². The average Bonchev–Trinajstić information content (AvgIpc) is 3.00. The van der Waals surface area contributed by atoms with Crippen molar-refractivity contribution < 1.29 is 28.3 Å². The third-order valence-corrected chi connectivity index (χ3v) is 5.72. The molecule has 2 atom stereocenters. The van der Waals surface area contributed by atoms with E-state index in [4.69, 9.17) is 0 Å². The molecule has 172 valence electrons. The number of halogens is 3. The summed E-state index contributed by atoms with van der Waals surface area (Å²) >= 11 is 3.32. The molecule has 0 saturated carbocycles. The van der Waals surface area contributed by atoms with E-state index in [9.17, 15) is 28.3 Å². The Balaban J connectivity index is 2.68. The molecule has 31 heavy (non-hydrogen) atoms. The minimum absolute atomic E-state index is 0.205. The highest BCUT2D eigenvalue weighted by atomic mass is 79.9. The topological polar surface area (TPSA) is 81.2 Å². The van der Waals surface area contributed by atoms with Gasteiger partial charge in [0.2, 0.25) is 11.8 Å². The number of carboxylic acid groups (broad SMARTS) is 1. The van der Waals surface area contributed by atoms with Crippen molar-refractivity contribution in [2.75, 3.05) is 27.2 Å². The Hall–Kier alpha value is -2.23. The first kappa shape index (κ1) is 25.0. The molecule has 1 N–H and O–H groups in total. The second-order valence-electron chi connectivity index (χ2n) is 8.90. The maximum Gasteiger partial charge on any atom is 0.408 e. The molecule has 1 aliphatic heterocycles. The first-order valence-corrected chi connectivity index (χ1v) is 10.6. The van der Waals surface area contributed by atoms with Crippen molar-refractivity contribution in [3.63, 3.8) is 0 Å². The molecular weight excluding hydrogens is 476 g/mol. The lowest BCUT2D eigenvalue weighted by Crippen LogP contribution is -2.61. The molecule has 0 radical (unpaired) electrons. The number of carbonyl (C=O) groups excluding carboxylic acids is 2. The summed E-state index contributed by atoms with van der Waals surface area (Å²) in [4.78, 5) is 42.2. The van der Waals surface area contributed by atoms with Crippen LogP contribution in [0.1, 0.15) is 38.7 Å². The normalized spacial score (nSPS) is 17.7. The Morgan fingerprint density at radius 2 is 1.71 bits per heavy atom. The Kier molecular flexibility index (Phi) is 7.35. The van der Waals surface area contributed by atoms with Crippen LogP contribution < -0.4 is 0 Å². The summed E-state index contributed by atoms with van der Waals surface area (Å²) < 4.78 is 28.5. The molecule has 10 heteroatoms. The Labute approximate surface area is 189 Å². The number of hydrogen-bond donors (Lipinski definition) is 1. The standard InChI is InChI=1S/C21H28BrF2N3O4/c1-20(2,3)27(19(30)31)16(18(29)26-11-10-21(23,24)12-26)15(17(28)25(4)5)13-6-8-14(22)9-7-13/h6-9,15-16H,10-12H2,1-5H3,(H,30,31)/t15-,16-/m0/s1. The van der Waals surface area contributed by atoms with Crippen molar-refractivity contribution in [3.05, 3.63) is 34.3 Å². The minimum atomic E-state index is -3.05. The van der Waals surface area contributed by atoms with Crippen LogP contribution in [0.3, 0.4) is 0 Å². The van der Waals surface area contributed by atoms with Crippen LogP contribution in [0, 0.1) is 0 Å². The van der Waals surface area contributed by atoms with E-state index in [1.165, 1.54) is 19.0 Å². The molecule has 3 amide bonds. The van der Waals surface area contributed by atoms with Gasteiger partial charge in [0.1, 0.15) is 6.04 Å². The Bertz CT molecular complexity index is 840. The van der Waals surface area contributed by atoms with Crippen molar-refractivity contribution in [2.45, 2.75) is 50.6 Å². The molecule has 1 heterocycles. The van der Waals surface area contributed by atoms with E-state index in [0.717, 1.165) is 14.3 Å². The molecule has 0 aromatic heterocycles. The summed E-state index contributed by atoms with van der Waals surface area (Å²) in [5, 5.41) is 10.0. The molecule has 7 nitrogen and oxygen atoms in total. The van der Waals surface area contributed by atoms with Crippen molar-refractivity contribution in [1.29, 1.82) is 0 Å². The van der Waals surface area contributed by atoms with E-state index >= 15 is 0 Å². The zero-order valence-corrected chi connectivity index (χ0v) is 19.8. The number of likely N-dealkylation sites (N-methyl/N-ethyl adjacent to an activating group) is 1. The third-order valence-electron chi connectivity index (χ3n) is 5.19. The Morgan fingerprint density at radius 3 is 2.10 bits per heavy atom. The average molecular weight is 504 g/mol. The number of likely N-dealkylation sites (tertiary alicyclic amines) is 1. The molecule has 0 aliphatic carbocycles. The van der Waals surface area contributed by atoms with Gasteiger partial charge in [-0.15, -0.1) is 0 Å². The quantitative estimate of drug-likeness (QED) is 0.664. The zero-order valence-electron chi connectivity index (χ0n) is 18.2. The van der Waals surface area contributed by atoms with Crippen molar-refractivity contribution >= 4 is 33.8 Å². The highest BCUT2D eigenvalue weighted by Crippen LogP contribution is 2.35. The maximum absolute atomic E-state index is 13.9. The van der Waals surface area contributed by atoms with E-state index in [-0.39, 0.29) is 6.54 Å². The second kappa shape index (κ2) is 9.10. The molecule has 2 rings (SSSR count). The summed E-state index contributed by atoms with van der Waals surface area (Å²) in [6, 6.07) is 5.09. The summed E-state index contributed by atoms with van der Waals surface area (Å²) in [5.74, 6) is -5.56. The molecule has 0 bridgehead atoms.